The number of nitrogens with zero attached hydrogens (tertiary/aromatic N) is 1. The number of hydrogen-bond acceptors (Lipinski definition) is 6. The summed E-state index contributed by atoms with van der Waals surface area (Å²) < 4.78 is 16.5. The number of unbranched alkanes of at least 4 members (excludes halogenated alkanes) is 1. The van der Waals surface area contributed by atoms with E-state index in [-0.39, 0.29) is 17.3 Å². The average Bonchev–Trinajstić information content (AvgIpc) is 3.57. The van der Waals surface area contributed by atoms with Crippen LogP contribution >= 0.6 is 12.2 Å². The monoisotopic (exact) mass is 517 g/mol. The number of benzene rings is 1. The zero-order chi connectivity index (χ0) is 25.7. The minimum atomic E-state index is -0.0282. The van der Waals surface area contributed by atoms with Crippen LogP contribution in [-0.4, -0.2) is 68.5 Å². The molecule has 0 bridgehead atoms. The van der Waals surface area contributed by atoms with Crippen molar-refractivity contribution in [3.8, 4) is 11.5 Å². The zero-order valence-electron chi connectivity index (χ0n) is 22.3. The summed E-state index contributed by atoms with van der Waals surface area (Å²) >= 11 is 5.61. The first-order chi connectivity index (χ1) is 17.4. The van der Waals surface area contributed by atoms with E-state index < -0.39 is 0 Å². The summed E-state index contributed by atoms with van der Waals surface area (Å²) in [6.07, 6.45) is 7.51. The molecule has 1 aliphatic heterocycles. The second kappa shape index (κ2) is 12.0. The van der Waals surface area contributed by atoms with Crippen molar-refractivity contribution < 1.29 is 19.0 Å². The van der Waals surface area contributed by atoms with Crippen LogP contribution < -0.4 is 20.1 Å². The van der Waals surface area contributed by atoms with Crippen molar-refractivity contribution >= 4 is 23.3 Å². The quantitative estimate of drug-likeness (QED) is 0.259. The standard InChI is InChI=1S/C28H43N3O4S/c1-5-7-13-29-27(36)30-21-10-11-28(20-8-9-23(33-3)24(16-20)34-4)12-14-31(25(28)17-21)18-19-15-22(19)26(32)35-6-2/h8-9,16,19,21-22,25H,5-7,10-15,17-18H2,1-4H3,(H2,29,30,36)/t19?,21-,22?,25+,28+/m1/s1. The number of nitrogens with one attached hydrogen (secondary N) is 2. The van der Waals surface area contributed by atoms with Crippen LogP contribution in [-0.2, 0) is 14.9 Å². The first-order valence-corrected chi connectivity index (χ1v) is 14.0. The van der Waals surface area contributed by atoms with E-state index >= 15 is 0 Å². The highest BCUT2D eigenvalue weighted by Crippen LogP contribution is 2.52. The maximum absolute atomic E-state index is 12.3. The van der Waals surface area contributed by atoms with Gasteiger partial charge in [0, 0.05) is 30.6 Å². The Hall–Kier alpha value is -2.06. The molecule has 1 heterocycles. The van der Waals surface area contributed by atoms with E-state index in [0.29, 0.717) is 24.6 Å². The number of carbonyl (C=O) groups excluding carboxylic acids is 1. The fourth-order valence-electron chi connectivity index (χ4n) is 6.38. The fraction of sp³-hybridized carbons (Fsp3) is 0.714. The van der Waals surface area contributed by atoms with Gasteiger partial charge in [-0.3, -0.25) is 9.69 Å². The smallest absolute Gasteiger partial charge is 0.309 e. The molecular formula is C28H43N3O4S. The Kier molecular flexibility index (Phi) is 8.99. The Morgan fingerprint density at radius 2 is 1.97 bits per heavy atom. The van der Waals surface area contributed by atoms with Crippen LogP contribution in [0.1, 0.15) is 64.4 Å². The van der Waals surface area contributed by atoms with Gasteiger partial charge in [0.05, 0.1) is 26.7 Å². The highest BCUT2D eigenvalue weighted by atomic mass is 32.1. The van der Waals surface area contributed by atoms with Gasteiger partial charge in [-0.1, -0.05) is 19.4 Å². The molecule has 5 atom stereocenters. The summed E-state index contributed by atoms with van der Waals surface area (Å²) in [6, 6.07) is 7.16. The van der Waals surface area contributed by atoms with Crippen LogP contribution in [0.5, 0.6) is 11.5 Å². The number of carbonyl (C=O) groups is 1. The molecule has 8 heteroatoms. The molecule has 2 N–H and O–H groups in total. The third-order valence-corrected chi connectivity index (χ3v) is 8.72. The molecule has 1 aromatic rings. The van der Waals surface area contributed by atoms with Crippen LogP contribution in [0.3, 0.4) is 0 Å². The van der Waals surface area contributed by atoms with E-state index in [4.69, 9.17) is 26.4 Å². The number of ether oxygens (including phenoxy) is 3. The molecule has 1 saturated heterocycles. The van der Waals surface area contributed by atoms with Gasteiger partial charge < -0.3 is 24.8 Å². The zero-order valence-corrected chi connectivity index (χ0v) is 23.1. The minimum absolute atomic E-state index is 0.0282. The lowest BCUT2D eigenvalue weighted by Gasteiger charge is -2.46. The third-order valence-electron chi connectivity index (χ3n) is 8.46. The Morgan fingerprint density at radius 3 is 2.69 bits per heavy atom. The highest BCUT2D eigenvalue weighted by Gasteiger charge is 2.54. The van der Waals surface area contributed by atoms with Gasteiger partial charge in [-0.05, 0) is 87.8 Å². The van der Waals surface area contributed by atoms with Gasteiger partial charge in [0.25, 0.3) is 0 Å². The Balaban J connectivity index is 1.52. The molecule has 36 heavy (non-hydrogen) atoms. The summed E-state index contributed by atoms with van der Waals surface area (Å²) in [5, 5.41) is 7.74. The lowest BCUT2D eigenvalue weighted by Crippen LogP contribution is -2.54. The molecule has 200 valence electrons. The maximum atomic E-state index is 12.3. The molecule has 0 aromatic heterocycles. The van der Waals surface area contributed by atoms with Crippen molar-refractivity contribution in [3.63, 3.8) is 0 Å². The second-order valence-corrected chi connectivity index (χ2v) is 11.0. The molecule has 0 spiro atoms. The largest absolute Gasteiger partial charge is 0.493 e. The molecule has 4 rings (SSSR count). The molecule has 2 aliphatic carbocycles. The fourth-order valence-corrected chi connectivity index (χ4v) is 6.65. The van der Waals surface area contributed by atoms with Crippen molar-refractivity contribution in [2.24, 2.45) is 11.8 Å². The highest BCUT2D eigenvalue weighted by molar-refractivity contribution is 7.80. The van der Waals surface area contributed by atoms with E-state index in [2.05, 4.69) is 34.6 Å². The average molecular weight is 518 g/mol. The SMILES string of the molecule is CCCCNC(=S)N[C@@H]1CC[C@@]2(c3ccc(OC)c(OC)c3)CCN(CC3CC3C(=O)OCC)[C@H]2C1. The number of methoxy groups -OCH3 is 2. The van der Waals surface area contributed by atoms with E-state index in [0.717, 1.165) is 81.2 Å². The Labute approximate surface area is 221 Å². The topological polar surface area (TPSA) is 72.1 Å². The maximum Gasteiger partial charge on any atom is 0.309 e. The summed E-state index contributed by atoms with van der Waals surface area (Å²) in [4.78, 5) is 14.9. The summed E-state index contributed by atoms with van der Waals surface area (Å²) in [5.74, 6) is 1.98. The van der Waals surface area contributed by atoms with E-state index in [9.17, 15) is 4.79 Å². The van der Waals surface area contributed by atoms with Gasteiger partial charge in [-0.15, -0.1) is 0 Å². The van der Waals surface area contributed by atoms with Gasteiger partial charge in [0.15, 0.2) is 16.6 Å². The van der Waals surface area contributed by atoms with Crippen molar-refractivity contribution in [2.45, 2.75) is 76.3 Å². The summed E-state index contributed by atoms with van der Waals surface area (Å²) in [7, 11) is 3.38. The van der Waals surface area contributed by atoms with E-state index in [1.54, 1.807) is 14.2 Å². The predicted molar refractivity (Wildman–Crippen MR) is 146 cm³/mol. The van der Waals surface area contributed by atoms with Gasteiger partial charge in [0.1, 0.15) is 0 Å². The number of thiocarbonyl (C=S) groups is 1. The van der Waals surface area contributed by atoms with Gasteiger partial charge in [-0.2, -0.15) is 0 Å². The lowest BCUT2D eigenvalue weighted by atomic mass is 9.65. The van der Waals surface area contributed by atoms with Crippen LogP contribution in [0, 0.1) is 11.8 Å². The molecule has 1 aromatic carbocycles. The minimum Gasteiger partial charge on any atom is -0.493 e. The van der Waals surface area contributed by atoms with Crippen molar-refractivity contribution in [1.29, 1.82) is 0 Å². The molecule has 7 nitrogen and oxygen atoms in total. The lowest BCUT2D eigenvalue weighted by molar-refractivity contribution is -0.145. The van der Waals surface area contributed by atoms with Crippen molar-refractivity contribution in [2.75, 3.05) is 40.5 Å². The van der Waals surface area contributed by atoms with E-state index in [1.165, 1.54) is 5.56 Å². The van der Waals surface area contributed by atoms with Crippen LogP contribution in [0.15, 0.2) is 18.2 Å². The first-order valence-electron chi connectivity index (χ1n) is 13.6. The number of esters is 1. The number of hydrogen-bond donors (Lipinski definition) is 2. The molecule has 2 unspecified atom stereocenters. The molecule has 0 radical (unpaired) electrons. The summed E-state index contributed by atoms with van der Waals surface area (Å²) in [6.45, 7) is 7.43. The Morgan fingerprint density at radius 1 is 1.17 bits per heavy atom. The van der Waals surface area contributed by atoms with Gasteiger partial charge in [0.2, 0.25) is 0 Å². The molecule has 2 saturated carbocycles. The number of fused-ring (bicyclic) bond motifs is 1. The third kappa shape index (κ3) is 5.75. The van der Waals surface area contributed by atoms with Crippen molar-refractivity contribution in [3.05, 3.63) is 23.8 Å². The first kappa shape index (κ1) is 27.0. The normalized spacial score (nSPS) is 29.2. The van der Waals surface area contributed by atoms with E-state index in [1.807, 2.05) is 13.0 Å². The summed E-state index contributed by atoms with van der Waals surface area (Å²) in [5.41, 5.74) is 1.39. The molecule has 3 aliphatic rings. The Bertz CT molecular complexity index is 928. The second-order valence-electron chi connectivity index (χ2n) is 10.6. The van der Waals surface area contributed by atoms with Crippen LogP contribution in [0.4, 0.5) is 0 Å². The van der Waals surface area contributed by atoms with Crippen LogP contribution in [0.25, 0.3) is 0 Å². The number of rotatable bonds is 11. The molecule has 0 amide bonds. The van der Waals surface area contributed by atoms with Gasteiger partial charge >= 0.3 is 5.97 Å². The van der Waals surface area contributed by atoms with Gasteiger partial charge in [-0.25, -0.2) is 0 Å². The number of likely N-dealkylation sites (tertiary alicyclic amines) is 1. The van der Waals surface area contributed by atoms with Crippen molar-refractivity contribution in [1.82, 2.24) is 15.5 Å². The molecule has 3 fully saturated rings. The predicted octanol–water partition coefficient (Wildman–Crippen LogP) is 4.03. The molecular weight excluding hydrogens is 474 g/mol. The van der Waals surface area contributed by atoms with Crippen LogP contribution in [0.2, 0.25) is 0 Å².